The lowest BCUT2D eigenvalue weighted by molar-refractivity contribution is -0.143. The average Bonchev–Trinajstić information content (AvgIpc) is 3.51. The van der Waals surface area contributed by atoms with Gasteiger partial charge in [0.05, 0.1) is 50.0 Å². The third-order valence-corrected chi connectivity index (χ3v) is 8.30. The molecule has 0 spiro atoms. The van der Waals surface area contributed by atoms with E-state index in [0.717, 1.165) is 38.1 Å². The molecular weight excluding hydrogens is 655 g/mol. The Balaban J connectivity index is 1.44. The Morgan fingerprint density at radius 3 is 2.38 bits per heavy atom. The Morgan fingerprint density at radius 1 is 0.980 bits per heavy atom. The van der Waals surface area contributed by atoms with Crippen LogP contribution in [0.5, 0.6) is 5.88 Å². The molecule has 4 aromatic heterocycles. The van der Waals surface area contributed by atoms with Crippen LogP contribution >= 0.6 is 0 Å². The van der Waals surface area contributed by atoms with Gasteiger partial charge >= 0.3 is 12.1 Å². The topological polar surface area (TPSA) is 135 Å². The zero-order chi connectivity index (χ0) is 36.1. The molecule has 0 amide bonds. The van der Waals surface area contributed by atoms with Crippen LogP contribution in [0.3, 0.4) is 0 Å². The molecule has 0 atom stereocenters. The Morgan fingerprint density at radius 2 is 1.74 bits per heavy atom. The maximum Gasteiger partial charge on any atom is 0.421 e. The molecule has 1 aliphatic heterocycles. The number of halogens is 3. The monoisotopic (exact) mass is 699 g/mol. The van der Waals surface area contributed by atoms with Crippen molar-refractivity contribution in [2.45, 2.75) is 40.3 Å². The van der Waals surface area contributed by atoms with Crippen LogP contribution in [0.2, 0.25) is 0 Å². The fourth-order valence-corrected chi connectivity index (χ4v) is 6.04. The lowest BCUT2D eigenvalue weighted by Gasteiger charge is -2.35. The highest BCUT2D eigenvalue weighted by atomic mass is 19.4. The molecule has 5 heterocycles. The average molecular weight is 700 g/mol. The summed E-state index contributed by atoms with van der Waals surface area (Å²) in [5.74, 6) is 0.466. The predicted molar refractivity (Wildman–Crippen MR) is 183 cm³/mol. The van der Waals surface area contributed by atoms with E-state index in [9.17, 15) is 18.0 Å². The van der Waals surface area contributed by atoms with Crippen LogP contribution in [-0.4, -0.2) is 114 Å². The number of aromatic amines is 1. The first-order chi connectivity index (χ1) is 23.8. The number of rotatable bonds is 14. The molecule has 0 saturated carbocycles. The smallest absolute Gasteiger partial charge is 0.421 e. The molecular formula is C34H44F3N9O4. The van der Waals surface area contributed by atoms with Crippen LogP contribution < -0.4 is 14.5 Å². The summed E-state index contributed by atoms with van der Waals surface area (Å²) in [6, 6.07) is 2.73. The van der Waals surface area contributed by atoms with Crippen molar-refractivity contribution in [1.82, 2.24) is 34.8 Å². The second-order valence-electron chi connectivity index (χ2n) is 12.9. The number of hydrogen-bond acceptors (Lipinski definition) is 12. The molecule has 4 aromatic rings. The van der Waals surface area contributed by atoms with E-state index in [1.165, 1.54) is 6.20 Å². The summed E-state index contributed by atoms with van der Waals surface area (Å²) in [6.07, 6.45) is 0.344. The minimum absolute atomic E-state index is 0.0426. The molecule has 0 aliphatic carbocycles. The Labute approximate surface area is 289 Å². The summed E-state index contributed by atoms with van der Waals surface area (Å²) in [4.78, 5) is 44.1. The van der Waals surface area contributed by atoms with Gasteiger partial charge in [-0.3, -0.25) is 9.69 Å². The summed E-state index contributed by atoms with van der Waals surface area (Å²) in [5.41, 5.74) is 1.27. The minimum Gasteiger partial charge on any atom is -0.478 e. The molecule has 0 radical (unpaired) electrons. The van der Waals surface area contributed by atoms with E-state index in [-0.39, 0.29) is 29.2 Å². The Bertz CT molecular complexity index is 1760. The minimum atomic E-state index is -4.68. The molecule has 0 bridgehead atoms. The van der Waals surface area contributed by atoms with Crippen molar-refractivity contribution in [2.75, 3.05) is 83.0 Å². The van der Waals surface area contributed by atoms with E-state index in [0.29, 0.717) is 61.1 Å². The number of aromatic nitrogens is 6. The van der Waals surface area contributed by atoms with E-state index in [1.54, 1.807) is 39.4 Å². The fourth-order valence-electron chi connectivity index (χ4n) is 6.04. The number of alkyl halides is 3. The van der Waals surface area contributed by atoms with E-state index in [1.807, 2.05) is 11.9 Å². The van der Waals surface area contributed by atoms with Gasteiger partial charge in [-0.15, -0.1) is 0 Å². The van der Waals surface area contributed by atoms with Gasteiger partial charge in [-0.25, -0.2) is 24.9 Å². The van der Waals surface area contributed by atoms with Gasteiger partial charge in [0.15, 0.2) is 11.5 Å². The molecule has 16 heteroatoms. The standard InChI is InChI=1S/C34H44F3N9O4/c1-7-49-28(47)9-10-45-11-13-46(14-12-45)27-19-38-25(18-39-27)30-42-29-26(44(5)20-33(3,4)21-48-6)16-24(41-31(29)43-30)22-15-23(34(35,36)37)32(40-17-22)50-8-2/h15-19H,7-14,20-21H2,1-6H3,(H,41,42,43). The number of carbonyl (C=O) groups is 1. The van der Waals surface area contributed by atoms with Gasteiger partial charge in [0.1, 0.15) is 22.6 Å². The van der Waals surface area contributed by atoms with Crippen molar-refractivity contribution >= 4 is 28.6 Å². The van der Waals surface area contributed by atoms with E-state index >= 15 is 0 Å². The number of ether oxygens (including phenoxy) is 3. The van der Waals surface area contributed by atoms with Gasteiger partial charge in [0.25, 0.3) is 0 Å². The molecule has 50 heavy (non-hydrogen) atoms. The maximum atomic E-state index is 14.0. The van der Waals surface area contributed by atoms with Crippen molar-refractivity contribution in [3.8, 4) is 28.7 Å². The summed E-state index contributed by atoms with van der Waals surface area (Å²) >= 11 is 0. The van der Waals surface area contributed by atoms with Gasteiger partial charge in [0, 0.05) is 70.6 Å². The molecule has 1 saturated heterocycles. The summed E-state index contributed by atoms with van der Waals surface area (Å²) in [5, 5.41) is 0. The van der Waals surface area contributed by atoms with E-state index < -0.39 is 17.6 Å². The lowest BCUT2D eigenvalue weighted by Crippen LogP contribution is -2.47. The third-order valence-electron chi connectivity index (χ3n) is 8.30. The number of nitrogens with one attached hydrogen (secondary N) is 1. The first-order valence-corrected chi connectivity index (χ1v) is 16.6. The normalized spacial score (nSPS) is 14.3. The lowest BCUT2D eigenvalue weighted by atomic mass is 9.94. The number of anilines is 2. The second-order valence-corrected chi connectivity index (χ2v) is 12.9. The number of imidazole rings is 1. The van der Waals surface area contributed by atoms with Crippen LogP contribution in [0, 0.1) is 5.41 Å². The van der Waals surface area contributed by atoms with Crippen LogP contribution in [0.1, 0.15) is 39.7 Å². The highest BCUT2D eigenvalue weighted by molar-refractivity contribution is 5.91. The SMILES string of the molecule is CCOC(=O)CCN1CCN(c2cnc(-c3nc4nc(-c5cnc(OCC)c(C(F)(F)F)c5)cc(N(C)CC(C)(C)COC)c4[nH]3)cn2)CC1. The molecule has 1 fully saturated rings. The molecule has 0 unspecified atom stereocenters. The highest BCUT2D eigenvalue weighted by Crippen LogP contribution is 2.39. The van der Waals surface area contributed by atoms with Crippen LogP contribution in [0.15, 0.2) is 30.7 Å². The number of nitrogens with zero attached hydrogens (tertiary/aromatic N) is 8. The predicted octanol–water partition coefficient (Wildman–Crippen LogP) is 5.08. The van der Waals surface area contributed by atoms with Crippen molar-refractivity contribution in [1.29, 1.82) is 0 Å². The van der Waals surface area contributed by atoms with Gasteiger partial charge in [-0.1, -0.05) is 13.8 Å². The summed E-state index contributed by atoms with van der Waals surface area (Å²) in [7, 11) is 3.54. The fraction of sp³-hybridized carbons (Fsp3) is 0.529. The molecule has 0 aromatic carbocycles. The van der Waals surface area contributed by atoms with E-state index in [4.69, 9.17) is 19.2 Å². The first-order valence-electron chi connectivity index (χ1n) is 16.6. The van der Waals surface area contributed by atoms with Gasteiger partial charge in [-0.2, -0.15) is 13.2 Å². The number of carbonyl (C=O) groups excluding carboxylic acids is 1. The van der Waals surface area contributed by atoms with Crippen molar-refractivity contribution < 1.29 is 32.2 Å². The summed E-state index contributed by atoms with van der Waals surface area (Å²) < 4.78 is 57.7. The van der Waals surface area contributed by atoms with Crippen molar-refractivity contribution in [2.24, 2.45) is 5.41 Å². The second kappa shape index (κ2) is 15.5. The number of pyridine rings is 2. The van der Waals surface area contributed by atoms with Crippen LogP contribution in [-0.2, 0) is 20.4 Å². The Hall–Kier alpha value is -4.57. The van der Waals surface area contributed by atoms with Crippen LogP contribution in [0.4, 0.5) is 24.7 Å². The molecule has 270 valence electrons. The quantitative estimate of drug-likeness (QED) is 0.176. The molecule has 13 nitrogen and oxygen atoms in total. The molecule has 1 aliphatic rings. The van der Waals surface area contributed by atoms with Gasteiger partial charge in [0.2, 0.25) is 5.88 Å². The van der Waals surface area contributed by atoms with Crippen molar-refractivity contribution in [3.05, 3.63) is 36.3 Å². The van der Waals surface area contributed by atoms with Gasteiger partial charge < -0.3 is 29.0 Å². The van der Waals surface area contributed by atoms with Crippen LogP contribution in [0.25, 0.3) is 33.9 Å². The third kappa shape index (κ3) is 8.77. The van der Waals surface area contributed by atoms with Gasteiger partial charge in [-0.05, 0) is 26.0 Å². The first kappa shape index (κ1) is 36.7. The number of fused-ring (bicyclic) bond motifs is 1. The molecule has 1 N–H and O–H groups in total. The number of esters is 1. The van der Waals surface area contributed by atoms with Crippen molar-refractivity contribution in [3.63, 3.8) is 0 Å². The number of H-pyrrole nitrogens is 1. The zero-order valence-corrected chi connectivity index (χ0v) is 29.3. The highest BCUT2D eigenvalue weighted by Gasteiger charge is 2.36. The number of methoxy groups -OCH3 is 1. The number of piperazine rings is 1. The largest absolute Gasteiger partial charge is 0.478 e. The zero-order valence-electron chi connectivity index (χ0n) is 29.3. The molecule has 5 rings (SSSR count). The summed E-state index contributed by atoms with van der Waals surface area (Å²) in [6.45, 7) is 12.7. The number of hydrogen-bond donors (Lipinski definition) is 1. The van der Waals surface area contributed by atoms with E-state index in [2.05, 4.69) is 48.6 Å². The Kier molecular flexibility index (Phi) is 11.4. The maximum absolute atomic E-state index is 14.0.